The first-order chi connectivity index (χ1) is 8.70. The van der Waals surface area contributed by atoms with E-state index < -0.39 is 0 Å². The molecule has 0 atom stereocenters. The molecule has 1 amide bonds. The molecule has 0 saturated heterocycles. The van der Waals surface area contributed by atoms with E-state index in [1.807, 2.05) is 19.2 Å². The lowest BCUT2D eigenvalue weighted by Crippen LogP contribution is -2.13. The molecule has 0 aliphatic heterocycles. The molecule has 5 heteroatoms. The lowest BCUT2D eigenvalue weighted by atomic mass is 10.2. The summed E-state index contributed by atoms with van der Waals surface area (Å²) in [7, 11) is 1.82. The molecule has 0 unspecified atom stereocenters. The van der Waals surface area contributed by atoms with Crippen LogP contribution >= 0.6 is 11.6 Å². The molecule has 0 saturated carbocycles. The molecule has 0 radical (unpaired) electrons. The number of aromatic nitrogens is 1. The minimum Gasteiger partial charge on any atom is -0.388 e. The van der Waals surface area contributed by atoms with E-state index in [-0.39, 0.29) is 5.91 Å². The predicted octanol–water partition coefficient (Wildman–Crippen LogP) is 3.03. The fraction of sp³-hybridized carbons (Fsp3) is 0.0769. The number of pyridine rings is 1. The van der Waals surface area contributed by atoms with Gasteiger partial charge in [0.1, 0.15) is 0 Å². The molecule has 0 aliphatic carbocycles. The lowest BCUT2D eigenvalue weighted by Gasteiger charge is -2.06. The van der Waals surface area contributed by atoms with Crippen molar-refractivity contribution in [1.82, 2.24) is 4.98 Å². The number of benzene rings is 1. The molecule has 1 aromatic heterocycles. The van der Waals surface area contributed by atoms with Crippen LogP contribution in [0.25, 0.3) is 0 Å². The average molecular weight is 262 g/mol. The van der Waals surface area contributed by atoms with E-state index >= 15 is 0 Å². The standard InChI is InChI=1S/C13H12ClN3O/c1-15-10-6-4-9(5-7-10)13(18)17-12-11(14)3-2-8-16-12/h2-8,15H,1H3,(H,16,17,18). The van der Waals surface area contributed by atoms with Gasteiger partial charge in [-0.15, -0.1) is 0 Å². The molecule has 92 valence electrons. The number of nitrogens with one attached hydrogen (secondary N) is 2. The molecule has 1 aromatic carbocycles. The van der Waals surface area contributed by atoms with Crippen LogP contribution in [0, 0.1) is 0 Å². The predicted molar refractivity (Wildman–Crippen MR) is 73.2 cm³/mol. The molecule has 18 heavy (non-hydrogen) atoms. The Morgan fingerprint density at radius 3 is 2.56 bits per heavy atom. The molecule has 0 aliphatic rings. The number of carbonyl (C=O) groups is 1. The van der Waals surface area contributed by atoms with Gasteiger partial charge in [-0.25, -0.2) is 4.98 Å². The highest BCUT2D eigenvalue weighted by Gasteiger charge is 2.08. The Bertz CT molecular complexity index is 554. The van der Waals surface area contributed by atoms with Crippen LogP contribution in [0.15, 0.2) is 42.6 Å². The van der Waals surface area contributed by atoms with E-state index in [4.69, 9.17) is 11.6 Å². The average Bonchev–Trinajstić information content (AvgIpc) is 2.41. The van der Waals surface area contributed by atoms with Gasteiger partial charge in [0.25, 0.3) is 5.91 Å². The first kappa shape index (κ1) is 12.4. The molecule has 2 N–H and O–H groups in total. The minimum absolute atomic E-state index is 0.238. The summed E-state index contributed by atoms with van der Waals surface area (Å²) in [6.07, 6.45) is 1.57. The van der Waals surface area contributed by atoms with Crippen molar-refractivity contribution in [1.29, 1.82) is 0 Å². The minimum atomic E-state index is -0.238. The second-order valence-electron chi connectivity index (χ2n) is 3.62. The highest BCUT2D eigenvalue weighted by Crippen LogP contribution is 2.18. The van der Waals surface area contributed by atoms with Crippen LogP contribution in [0.4, 0.5) is 11.5 Å². The molecule has 2 rings (SSSR count). The highest BCUT2D eigenvalue weighted by atomic mass is 35.5. The van der Waals surface area contributed by atoms with E-state index in [2.05, 4.69) is 15.6 Å². The number of anilines is 2. The second-order valence-corrected chi connectivity index (χ2v) is 4.02. The monoisotopic (exact) mass is 261 g/mol. The second kappa shape index (κ2) is 5.51. The van der Waals surface area contributed by atoms with E-state index in [0.29, 0.717) is 16.4 Å². The van der Waals surface area contributed by atoms with Crippen molar-refractivity contribution < 1.29 is 4.79 Å². The van der Waals surface area contributed by atoms with Crippen molar-refractivity contribution in [3.63, 3.8) is 0 Å². The SMILES string of the molecule is CNc1ccc(C(=O)Nc2ncccc2Cl)cc1. The van der Waals surface area contributed by atoms with Gasteiger partial charge in [-0.1, -0.05) is 11.6 Å². The zero-order valence-electron chi connectivity index (χ0n) is 9.77. The fourth-order valence-electron chi connectivity index (χ4n) is 1.45. The van der Waals surface area contributed by atoms with E-state index in [9.17, 15) is 4.79 Å². The maximum Gasteiger partial charge on any atom is 0.256 e. The molecule has 4 nitrogen and oxygen atoms in total. The quantitative estimate of drug-likeness (QED) is 0.893. The van der Waals surface area contributed by atoms with Gasteiger partial charge in [-0.3, -0.25) is 4.79 Å². The first-order valence-electron chi connectivity index (χ1n) is 5.40. The first-order valence-corrected chi connectivity index (χ1v) is 5.78. The van der Waals surface area contributed by atoms with E-state index in [0.717, 1.165) is 5.69 Å². The third-order valence-electron chi connectivity index (χ3n) is 2.43. The Hall–Kier alpha value is -2.07. The zero-order chi connectivity index (χ0) is 13.0. The lowest BCUT2D eigenvalue weighted by molar-refractivity contribution is 0.102. The van der Waals surface area contributed by atoms with Crippen molar-refractivity contribution in [2.45, 2.75) is 0 Å². The van der Waals surface area contributed by atoms with Gasteiger partial charge in [0.05, 0.1) is 5.02 Å². The normalized spacial score (nSPS) is 9.89. The van der Waals surface area contributed by atoms with Crippen LogP contribution in [0.2, 0.25) is 5.02 Å². The Morgan fingerprint density at radius 2 is 1.94 bits per heavy atom. The van der Waals surface area contributed by atoms with Gasteiger partial charge < -0.3 is 10.6 Å². The van der Waals surface area contributed by atoms with E-state index in [1.54, 1.807) is 30.5 Å². The smallest absolute Gasteiger partial charge is 0.256 e. The van der Waals surface area contributed by atoms with Crippen molar-refractivity contribution in [3.05, 3.63) is 53.2 Å². The Balaban J connectivity index is 2.14. The topological polar surface area (TPSA) is 54.0 Å². The van der Waals surface area contributed by atoms with Crippen molar-refractivity contribution in [3.8, 4) is 0 Å². The van der Waals surface area contributed by atoms with Crippen LogP contribution in [-0.2, 0) is 0 Å². The number of nitrogens with zero attached hydrogens (tertiary/aromatic N) is 1. The highest BCUT2D eigenvalue weighted by molar-refractivity contribution is 6.33. The third-order valence-corrected chi connectivity index (χ3v) is 2.73. The summed E-state index contributed by atoms with van der Waals surface area (Å²) in [5.41, 5.74) is 1.50. The largest absolute Gasteiger partial charge is 0.388 e. The van der Waals surface area contributed by atoms with Gasteiger partial charge in [0.15, 0.2) is 5.82 Å². The van der Waals surface area contributed by atoms with Gasteiger partial charge in [0.2, 0.25) is 0 Å². The summed E-state index contributed by atoms with van der Waals surface area (Å²) in [5, 5.41) is 6.06. The van der Waals surface area contributed by atoms with Crippen LogP contribution in [0.5, 0.6) is 0 Å². The third kappa shape index (κ3) is 2.78. The summed E-state index contributed by atoms with van der Waals surface area (Å²) in [6.45, 7) is 0. The van der Waals surface area contributed by atoms with Crippen molar-refractivity contribution in [2.24, 2.45) is 0 Å². The van der Waals surface area contributed by atoms with Gasteiger partial charge in [-0.05, 0) is 36.4 Å². The molecule has 0 fully saturated rings. The van der Waals surface area contributed by atoms with Crippen molar-refractivity contribution >= 4 is 29.0 Å². The Morgan fingerprint density at radius 1 is 1.22 bits per heavy atom. The molecule has 0 spiro atoms. The van der Waals surface area contributed by atoms with Gasteiger partial charge in [-0.2, -0.15) is 0 Å². The maximum atomic E-state index is 11.9. The summed E-state index contributed by atoms with van der Waals surface area (Å²) in [6, 6.07) is 10.5. The van der Waals surface area contributed by atoms with Crippen LogP contribution < -0.4 is 10.6 Å². The number of carbonyl (C=O) groups excluding carboxylic acids is 1. The Labute approximate surface area is 110 Å². The summed E-state index contributed by atoms with van der Waals surface area (Å²) in [5.74, 6) is 0.125. The van der Waals surface area contributed by atoms with Gasteiger partial charge >= 0.3 is 0 Å². The van der Waals surface area contributed by atoms with E-state index in [1.165, 1.54) is 0 Å². The molecule has 1 heterocycles. The molecule has 2 aromatic rings. The van der Waals surface area contributed by atoms with Crippen LogP contribution in [0.3, 0.4) is 0 Å². The number of halogens is 1. The number of rotatable bonds is 3. The number of hydrogen-bond acceptors (Lipinski definition) is 3. The number of amides is 1. The van der Waals surface area contributed by atoms with Crippen LogP contribution in [0.1, 0.15) is 10.4 Å². The van der Waals surface area contributed by atoms with Gasteiger partial charge in [0, 0.05) is 24.5 Å². The fourth-order valence-corrected chi connectivity index (χ4v) is 1.61. The molecular weight excluding hydrogens is 250 g/mol. The number of hydrogen-bond donors (Lipinski definition) is 2. The summed E-state index contributed by atoms with van der Waals surface area (Å²) >= 11 is 5.92. The maximum absolute atomic E-state index is 11.9. The molecular formula is C13H12ClN3O. The zero-order valence-corrected chi connectivity index (χ0v) is 10.5. The van der Waals surface area contributed by atoms with Crippen molar-refractivity contribution in [2.75, 3.05) is 17.7 Å². The molecule has 0 bridgehead atoms. The Kier molecular flexibility index (Phi) is 3.79. The summed E-state index contributed by atoms with van der Waals surface area (Å²) in [4.78, 5) is 15.9. The van der Waals surface area contributed by atoms with Crippen LogP contribution in [-0.4, -0.2) is 17.9 Å². The summed E-state index contributed by atoms with van der Waals surface area (Å²) < 4.78 is 0.